The zero-order valence-electron chi connectivity index (χ0n) is 11.3. The van der Waals surface area contributed by atoms with Crippen molar-refractivity contribution in [1.82, 2.24) is 0 Å². The second-order valence-electron chi connectivity index (χ2n) is 4.83. The van der Waals surface area contributed by atoms with Gasteiger partial charge in [-0.05, 0) is 74.2 Å². The van der Waals surface area contributed by atoms with E-state index in [4.69, 9.17) is 0 Å². The lowest BCUT2D eigenvalue weighted by Crippen LogP contribution is -2.07. The van der Waals surface area contributed by atoms with Gasteiger partial charge >= 0.3 is 0 Å². The van der Waals surface area contributed by atoms with E-state index in [1.54, 1.807) is 0 Å². The zero-order valence-corrected chi connectivity index (χ0v) is 11.3. The molecule has 0 bridgehead atoms. The van der Waals surface area contributed by atoms with Crippen molar-refractivity contribution in [3.05, 3.63) is 63.9 Å². The van der Waals surface area contributed by atoms with Crippen LogP contribution in [0.5, 0.6) is 0 Å². The molecule has 2 heteroatoms. The van der Waals surface area contributed by atoms with E-state index in [2.05, 4.69) is 0 Å². The Kier molecular flexibility index (Phi) is 3.39. The lowest BCUT2D eigenvalue weighted by Gasteiger charge is -2.31. The molecular weight excluding hydrogens is 222 g/mol. The van der Waals surface area contributed by atoms with Crippen LogP contribution in [-0.2, 0) is 0 Å². The highest BCUT2D eigenvalue weighted by Gasteiger charge is 2.02. The Balaban J connectivity index is 2.37. The van der Waals surface area contributed by atoms with Gasteiger partial charge in [0.25, 0.3) is 0 Å². The van der Waals surface area contributed by atoms with Crippen molar-refractivity contribution in [2.45, 2.75) is 27.7 Å². The van der Waals surface area contributed by atoms with Gasteiger partial charge in [-0.3, -0.25) is 0 Å². The van der Waals surface area contributed by atoms with Crippen LogP contribution < -0.4 is 5.06 Å². The molecule has 0 amide bonds. The summed E-state index contributed by atoms with van der Waals surface area (Å²) in [6.07, 6.45) is 0. The summed E-state index contributed by atoms with van der Waals surface area (Å²) in [6, 6.07) is 11.6. The van der Waals surface area contributed by atoms with Gasteiger partial charge in [-0.25, -0.2) is 0 Å². The van der Waals surface area contributed by atoms with Crippen LogP contribution in [0.4, 0.5) is 11.4 Å². The van der Waals surface area contributed by atoms with Gasteiger partial charge in [-0.15, -0.1) is 0 Å². The first kappa shape index (κ1) is 12.7. The Morgan fingerprint density at radius 2 is 1.06 bits per heavy atom. The minimum atomic E-state index is 0.682. The monoisotopic (exact) mass is 240 g/mol. The fourth-order valence-corrected chi connectivity index (χ4v) is 1.85. The molecule has 0 saturated heterocycles. The van der Waals surface area contributed by atoms with Crippen LogP contribution in [0.2, 0.25) is 0 Å². The fourth-order valence-electron chi connectivity index (χ4n) is 1.85. The first-order chi connectivity index (χ1) is 8.49. The topological polar surface area (TPSA) is 26.3 Å². The van der Waals surface area contributed by atoms with E-state index in [9.17, 15) is 5.21 Å². The summed E-state index contributed by atoms with van der Waals surface area (Å²) in [4.78, 5) is 0. The van der Waals surface area contributed by atoms with E-state index in [0.29, 0.717) is 11.4 Å². The zero-order chi connectivity index (χ0) is 13.3. The molecular formula is C16H18NO-. The molecule has 2 rings (SSSR count). The van der Waals surface area contributed by atoms with Crippen molar-refractivity contribution in [1.29, 1.82) is 0 Å². The number of anilines is 2. The van der Waals surface area contributed by atoms with Gasteiger partial charge in [0.2, 0.25) is 0 Å². The van der Waals surface area contributed by atoms with E-state index in [1.165, 1.54) is 11.1 Å². The van der Waals surface area contributed by atoms with Crippen LogP contribution >= 0.6 is 0 Å². The minimum Gasteiger partial charge on any atom is -0.754 e. The number of hydrogen-bond acceptors (Lipinski definition) is 2. The SMILES string of the molecule is Cc1ccc(N([O-])c2ccc(C)c(C)c2)cc1C. The molecule has 2 nitrogen and oxygen atoms in total. The lowest BCUT2D eigenvalue weighted by atomic mass is 10.1. The molecule has 0 unspecified atom stereocenters. The molecule has 0 spiro atoms. The Hall–Kier alpha value is -1.80. The number of nitrogens with zero attached hydrogens (tertiary/aromatic N) is 1. The van der Waals surface area contributed by atoms with E-state index in [0.717, 1.165) is 16.2 Å². The third kappa shape index (κ3) is 2.39. The van der Waals surface area contributed by atoms with Gasteiger partial charge < -0.3 is 10.3 Å². The predicted octanol–water partition coefficient (Wildman–Crippen LogP) is 4.56. The molecule has 0 aromatic heterocycles. The molecule has 94 valence electrons. The van der Waals surface area contributed by atoms with Gasteiger partial charge in [0.15, 0.2) is 0 Å². The summed E-state index contributed by atoms with van der Waals surface area (Å²) in [6.45, 7) is 8.13. The van der Waals surface area contributed by atoms with Gasteiger partial charge in [-0.1, -0.05) is 12.1 Å². The van der Waals surface area contributed by atoms with E-state index in [-0.39, 0.29) is 0 Å². The van der Waals surface area contributed by atoms with Crippen molar-refractivity contribution in [2.75, 3.05) is 5.06 Å². The summed E-state index contributed by atoms with van der Waals surface area (Å²) in [7, 11) is 0. The molecule has 0 atom stereocenters. The van der Waals surface area contributed by atoms with Crippen LogP contribution in [0, 0.1) is 32.9 Å². The summed E-state index contributed by atoms with van der Waals surface area (Å²) in [5, 5.41) is 13.3. The number of rotatable bonds is 2. The second-order valence-corrected chi connectivity index (χ2v) is 4.83. The standard InChI is InChI=1S/C16H18NO/c1-11-5-7-15(9-13(11)3)17(18)16-8-6-12(2)14(4)10-16/h5-10H,1-4H3/q-1. The van der Waals surface area contributed by atoms with Crippen molar-refractivity contribution < 1.29 is 0 Å². The van der Waals surface area contributed by atoms with Crippen LogP contribution in [0.15, 0.2) is 36.4 Å². The lowest BCUT2D eigenvalue weighted by molar-refractivity contribution is 1.24. The van der Waals surface area contributed by atoms with Crippen molar-refractivity contribution in [2.24, 2.45) is 0 Å². The maximum absolute atomic E-state index is 12.3. The Morgan fingerprint density at radius 3 is 1.39 bits per heavy atom. The third-order valence-electron chi connectivity index (χ3n) is 3.45. The van der Waals surface area contributed by atoms with E-state index < -0.39 is 0 Å². The van der Waals surface area contributed by atoms with E-state index in [1.807, 2.05) is 64.1 Å². The molecule has 0 aliphatic heterocycles. The van der Waals surface area contributed by atoms with Crippen molar-refractivity contribution in [3.8, 4) is 0 Å². The molecule has 0 N–H and O–H groups in total. The summed E-state index contributed by atoms with van der Waals surface area (Å²) in [5.41, 5.74) is 6.04. The molecule has 0 heterocycles. The first-order valence-electron chi connectivity index (χ1n) is 6.11. The highest BCUT2D eigenvalue weighted by atomic mass is 16.5. The van der Waals surface area contributed by atoms with Crippen molar-refractivity contribution in [3.63, 3.8) is 0 Å². The third-order valence-corrected chi connectivity index (χ3v) is 3.45. The summed E-state index contributed by atoms with van der Waals surface area (Å²) < 4.78 is 0. The van der Waals surface area contributed by atoms with Gasteiger partial charge in [0.05, 0.1) is 0 Å². The number of hydrogen-bond donors (Lipinski definition) is 0. The Bertz CT molecular complexity index is 524. The predicted molar refractivity (Wildman–Crippen MR) is 77.3 cm³/mol. The largest absolute Gasteiger partial charge is 0.754 e. The summed E-state index contributed by atoms with van der Waals surface area (Å²) >= 11 is 0. The Morgan fingerprint density at radius 1 is 0.667 bits per heavy atom. The minimum absolute atomic E-state index is 0.682. The molecule has 0 saturated carbocycles. The van der Waals surface area contributed by atoms with Crippen LogP contribution in [0.3, 0.4) is 0 Å². The first-order valence-corrected chi connectivity index (χ1v) is 6.11. The number of aryl methyl sites for hydroxylation is 4. The molecule has 0 radical (unpaired) electrons. The smallest absolute Gasteiger partial charge is 0.0306 e. The van der Waals surface area contributed by atoms with Gasteiger partial charge in [0.1, 0.15) is 0 Å². The van der Waals surface area contributed by atoms with Crippen LogP contribution in [0.25, 0.3) is 0 Å². The van der Waals surface area contributed by atoms with Gasteiger partial charge in [-0.2, -0.15) is 0 Å². The van der Waals surface area contributed by atoms with Crippen molar-refractivity contribution >= 4 is 11.4 Å². The Labute approximate surface area is 108 Å². The summed E-state index contributed by atoms with van der Waals surface area (Å²) in [5.74, 6) is 0. The quantitative estimate of drug-likeness (QED) is 0.719. The average Bonchev–Trinajstić information content (AvgIpc) is 2.35. The molecule has 0 aliphatic carbocycles. The highest BCUT2D eigenvalue weighted by molar-refractivity contribution is 5.66. The van der Waals surface area contributed by atoms with Crippen LogP contribution in [0.1, 0.15) is 22.3 Å². The maximum Gasteiger partial charge on any atom is 0.0306 e. The number of benzene rings is 2. The molecule has 18 heavy (non-hydrogen) atoms. The van der Waals surface area contributed by atoms with Crippen LogP contribution in [-0.4, -0.2) is 0 Å². The molecule has 2 aromatic carbocycles. The fraction of sp³-hybridized carbons (Fsp3) is 0.250. The molecule has 0 aliphatic rings. The second kappa shape index (κ2) is 4.83. The molecule has 2 aromatic rings. The average molecular weight is 240 g/mol. The van der Waals surface area contributed by atoms with Gasteiger partial charge in [0, 0.05) is 11.4 Å². The van der Waals surface area contributed by atoms with E-state index >= 15 is 0 Å². The maximum atomic E-state index is 12.3. The highest BCUT2D eigenvalue weighted by Crippen LogP contribution is 2.27. The molecule has 0 fully saturated rings. The normalized spacial score (nSPS) is 10.5.